The second-order valence-corrected chi connectivity index (χ2v) is 12.3. The van der Waals surface area contributed by atoms with Gasteiger partial charge >= 0.3 is 0 Å². The molecule has 1 aromatic heterocycles. The monoisotopic (exact) mass is 583 g/mol. The molecule has 0 spiro atoms. The van der Waals surface area contributed by atoms with Gasteiger partial charge in [0, 0.05) is 49.8 Å². The Morgan fingerprint density at radius 3 is 2.68 bits per heavy atom. The first-order valence-corrected chi connectivity index (χ1v) is 15.6. The van der Waals surface area contributed by atoms with E-state index in [0.29, 0.717) is 48.7 Å². The minimum Gasteiger partial charge on any atom is -0.497 e. The van der Waals surface area contributed by atoms with Gasteiger partial charge in [-0.15, -0.1) is 10.8 Å². The summed E-state index contributed by atoms with van der Waals surface area (Å²) in [5, 5.41) is 20.7. The lowest BCUT2D eigenvalue weighted by atomic mass is 10.0. The van der Waals surface area contributed by atoms with Crippen LogP contribution in [0.15, 0.2) is 67.0 Å². The summed E-state index contributed by atoms with van der Waals surface area (Å²) < 4.78 is 28.3. The van der Waals surface area contributed by atoms with Gasteiger partial charge in [-0.25, -0.2) is 0 Å². The molecule has 2 unspecified atom stereocenters. The number of hydrogen-bond acceptors (Lipinski definition) is 9. The number of ether oxygens (including phenoxy) is 1. The summed E-state index contributed by atoms with van der Waals surface area (Å²) in [6, 6.07) is 16.1. The van der Waals surface area contributed by atoms with Crippen LogP contribution in [0.3, 0.4) is 0 Å². The molecule has 6 N–H and O–H groups in total. The molecule has 222 valence electrons. The Bertz CT molecular complexity index is 1280. The SMILES string of the molecule is CCNc1cc(C(=O)NC(Cc2cccnc2)C(O)CNCc2cccc(OC)c2)cc(N2CCCCS2(O)O)c1. The smallest absolute Gasteiger partial charge is 0.251 e. The first kappa shape index (κ1) is 30.6. The third kappa shape index (κ3) is 8.57. The predicted octanol–water partition coefficient (Wildman–Crippen LogP) is 4.28. The summed E-state index contributed by atoms with van der Waals surface area (Å²) in [6.07, 6.45) is 4.48. The number of methoxy groups -OCH3 is 1. The first-order valence-electron chi connectivity index (χ1n) is 13.9. The highest BCUT2D eigenvalue weighted by Gasteiger charge is 2.28. The number of nitrogens with one attached hydrogen (secondary N) is 3. The fraction of sp³-hybridized carbons (Fsp3) is 0.400. The van der Waals surface area contributed by atoms with Crippen molar-refractivity contribution >= 4 is 28.1 Å². The number of pyridine rings is 1. The maximum absolute atomic E-state index is 13.6. The van der Waals surface area contributed by atoms with Crippen LogP contribution in [0.4, 0.5) is 11.4 Å². The average Bonchev–Trinajstić information content (AvgIpc) is 2.97. The number of nitrogens with zero attached hydrogens (tertiary/aromatic N) is 2. The van der Waals surface area contributed by atoms with Gasteiger partial charge in [0.05, 0.1) is 30.7 Å². The number of carbonyl (C=O) groups is 1. The van der Waals surface area contributed by atoms with Gasteiger partial charge in [0.1, 0.15) is 5.75 Å². The van der Waals surface area contributed by atoms with E-state index in [1.807, 2.05) is 49.4 Å². The normalized spacial score (nSPS) is 16.9. The number of benzene rings is 2. The third-order valence-electron chi connectivity index (χ3n) is 7.01. The summed E-state index contributed by atoms with van der Waals surface area (Å²) in [6.45, 7) is 3.88. The molecule has 2 heterocycles. The zero-order valence-corrected chi connectivity index (χ0v) is 24.4. The van der Waals surface area contributed by atoms with Gasteiger partial charge in [0.25, 0.3) is 5.91 Å². The number of aliphatic hydroxyl groups excluding tert-OH is 1. The van der Waals surface area contributed by atoms with Gasteiger partial charge < -0.3 is 25.8 Å². The van der Waals surface area contributed by atoms with Crippen LogP contribution >= 0.6 is 10.8 Å². The van der Waals surface area contributed by atoms with Crippen molar-refractivity contribution in [2.45, 2.75) is 44.9 Å². The van der Waals surface area contributed by atoms with Crippen molar-refractivity contribution in [3.8, 4) is 5.75 Å². The van der Waals surface area contributed by atoms with E-state index in [-0.39, 0.29) is 12.5 Å². The molecule has 4 rings (SSSR count). The topological polar surface area (TPSA) is 139 Å². The standard InChI is InChI=1S/C30H41N5O5S/c1-3-33-25-16-24(17-26(18-25)35-12-4-5-13-41(35,38)39)30(37)34-28(15-23-9-7-11-31-19-23)29(36)21-32-20-22-8-6-10-27(14-22)40-2/h6-11,14,16-19,28-29,32-33,36,38-39H,3-5,12-13,15,20-21H2,1-2H3,(H,34,37). The summed E-state index contributed by atoms with van der Waals surface area (Å²) in [4.78, 5) is 17.8. The van der Waals surface area contributed by atoms with E-state index >= 15 is 0 Å². The minimum atomic E-state index is -2.95. The zero-order valence-electron chi connectivity index (χ0n) is 23.6. The molecule has 1 amide bonds. The Hall–Kier alpha value is -3.35. The molecule has 0 radical (unpaired) electrons. The molecule has 41 heavy (non-hydrogen) atoms. The van der Waals surface area contributed by atoms with E-state index in [4.69, 9.17) is 4.74 Å². The molecule has 1 aliphatic rings. The number of carbonyl (C=O) groups excluding carboxylic acids is 1. The van der Waals surface area contributed by atoms with Gasteiger partial charge in [-0.05, 0) is 73.7 Å². The number of hydrogen-bond donors (Lipinski definition) is 6. The van der Waals surface area contributed by atoms with E-state index in [1.54, 1.807) is 35.9 Å². The predicted molar refractivity (Wildman–Crippen MR) is 165 cm³/mol. The van der Waals surface area contributed by atoms with Gasteiger partial charge in [0.15, 0.2) is 0 Å². The van der Waals surface area contributed by atoms with Gasteiger partial charge in [-0.2, -0.15) is 0 Å². The fourth-order valence-corrected chi connectivity index (χ4v) is 6.57. The van der Waals surface area contributed by atoms with Gasteiger partial charge in [-0.1, -0.05) is 18.2 Å². The molecule has 0 saturated carbocycles. The number of aliphatic hydroxyl groups is 1. The molecular formula is C30H41N5O5S. The lowest BCUT2D eigenvalue weighted by molar-refractivity contribution is 0.0830. The summed E-state index contributed by atoms with van der Waals surface area (Å²) in [5.74, 6) is 0.707. The van der Waals surface area contributed by atoms with Gasteiger partial charge in [-0.3, -0.25) is 23.2 Å². The largest absolute Gasteiger partial charge is 0.497 e. The van der Waals surface area contributed by atoms with E-state index in [9.17, 15) is 19.0 Å². The maximum atomic E-state index is 13.6. The van der Waals surface area contributed by atoms with E-state index in [2.05, 4.69) is 20.9 Å². The van der Waals surface area contributed by atoms with E-state index in [1.165, 1.54) is 0 Å². The summed E-state index contributed by atoms with van der Waals surface area (Å²) in [5.41, 5.74) is 3.56. The number of anilines is 2. The van der Waals surface area contributed by atoms with Crippen LogP contribution in [0.2, 0.25) is 0 Å². The number of aromatic nitrogens is 1. The Labute approximate surface area is 243 Å². The molecule has 0 aliphatic carbocycles. The zero-order chi connectivity index (χ0) is 29.2. The molecule has 1 aliphatic heterocycles. The van der Waals surface area contributed by atoms with Crippen molar-refractivity contribution in [2.24, 2.45) is 0 Å². The second-order valence-electron chi connectivity index (χ2n) is 10.1. The fourth-order valence-electron chi connectivity index (χ4n) is 4.89. The first-order chi connectivity index (χ1) is 19.8. The molecule has 1 fully saturated rings. The summed E-state index contributed by atoms with van der Waals surface area (Å²) >= 11 is 0. The molecule has 2 atom stereocenters. The quantitative estimate of drug-likeness (QED) is 0.174. The Kier molecular flexibility index (Phi) is 10.8. The highest BCUT2D eigenvalue weighted by Crippen LogP contribution is 2.50. The molecule has 1 saturated heterocycles. The highest BCUT2D eigenvalue weighted by atomic mass is 32.3. The van der Waals surface area contributed by atoms with Crippen LogP contribution < -0.4 is 25.0 Å². The van der Waals surface area contributed by atoms with E-state index < -0.39 is 22.9 Å². The molecule has 0 bridgehead atoms. The van der Waals surface area contributed by atoms with Crippen molar-refractivity contribution in [3.05, 3.63) is 83.7 Å². The van der Waals surface area contributed by atoms with E-state index in [0.717, 1.165) is 29.7 Å². The molecular weight excluding hydrogens is 542 g/mol. The molecule has 2 aromatic carbocycles. The van der Waals surface area contributed by atoms with Crippen molar-refractivity contribution < 1.29 is 23.7 Å². The van der Waals surface area contributed by atoms with Crippen LogP contribution in [-0.4, -0.2) is 69.7 Å². The average molecular weight is 584 g/mol. The number of amides is 1. The maximum Gasteiger partial charge on any atom is 0.251 e. The minimum absolute atomic E-state index is 0.250. The molecule has 10 nitrogen and oxygen atoms in total. The lowest BCUT2D eigenvalue weighted by Gasteiger charge is -2.47. The van der Waals surface area contributed by atoms with Crippen molar-refractivity contribution in [1.82, 2.24) is 15.6 Å². The van der Waals surface area contributed by atoms with Crippen LogP contribution in [0.5, 0.6) is 5.75 Å². The van der Waals surface area contributed by atoms with Crippen molar-refractivity contribution in [2.75, 3.05) is 42.1 Å². The van der Waals surface area contributed by atoms with Crippen LogP contribution in [0.1, 0.15) is 41.3 Å². The van der Waals surface area contributed by atoms with Crippen LogP contribution in [0.25, 0.3) is 0 Å². The molecule has 3 aromatic rings. The Morgan fingerprint density at radius 1 is 1.12 bits per heavy atom. The third-order valence-corrected chi connectivity index (χ3v) is 8.94. The summed E-state index contributed by atoms with van der Waals surface area (Å²) in [7, 11) is -1.33. The Balaban J connectivity index is 1.52. The Morgan fingerprint density at radius 2 is 1.95 bits per heavy atom. The molecule has 11 heteroatoms. The van der Waals surface area contributed by atoms with Gasteiger partial charge in [0.2, 0.25) is 0 Å². The van der Waals surface area contributed by atoms with Crippen molar-refractivity contribution in [3.63, 3.8) is 0 Å². The van der Waals surface area contributed by atoms with Crippen molar-refractivity contribution in [1.29, 1.82) is 0 Å². The second kappa shape index (κ2) is 14.5. The van der Waals surface area contributed by atoms with Crippen LogP contribution in [0, 0.1) is 0 Å². The highest BCUT2D eigenvalue weighted by molar-refractivity contribution is 8.25. The number of rotatable bonds is 13. The van der Waals surface area contributed by atoms with Crippen LogP contribution in [-0.2, 0) is 13.0 Å². The lowest BCUT2D eigenvalue weighted by Crippen LogP contribution is -2.48.